The van der Waals surface area contributed by atoms with Gasteiger partial charge < -0.3 is 24.8 Å². The average Bonchev–Trinajstić information content (AvgIpc) is 3.03. The van der Waals surface area contributed by atoms with E-state index in [4.69, 9.17) is 26.2 Å². The maximum absolute atomic E-state index is 10.6. The summed E-state index contributed by atoms with van der Waals surface area (Å²) in [5.41, 5.74) is 0. The number of hydrogen-bond acceptors (Lipinski definition) is 5. The second kappa shape index (κ2) is 15.1. The van der Waals surface area contributed by atoms with Gasteiger partial charge in [0.25, 0.3) is 0 Å². The normalized spacial score (nSPS) is 30.8. The van der Waals surface area contributed by atoms with Crippen LogP contribution in [-0.4, -0.2) is 57.9 Å². The highest BCUT2D eigenvalue weighted by atomic mass is 35.5. The van der Waals surface area contributed by atoms with Crippen molar-refractivity contribution in [2.24, 2.45) is 11.8 Å². The minimum absolute atomic E-state index is 0.0331. The lowest BCUT2D eigenvalue weighted by Crippen LogP contribution is -2.30. The zero-order valence-electron chi connectivity index (χ0n) is 19.3. The summed E-state index contributed by atoms with van der Waals surface area (Å²) in [6.45, 7) is 2.49. The number of aliphatic hydroxyl groups excluding tert-OH is 2. The molecule has 0 radical (unpaired) electrons. The zero-order chi connectivity index (χ0) is 23.3. The molecule has 1 unspecified atom stereocenters. The van der Waals surface area contributed by atoms with Crippen LogP contribution in [0.3, 0.4) is 0 Å². The maximum atomic E-state index is 10.6. The van der Waals surface area contributed by atoms with E-state index in [1.807, 2.05) is 12.2 Å². The Balaban J connectivity index is 1.96. The number of aliphatic carboxylic acids is 1. The molecule has 0 aromatic rings. The van der Waals surface area contributed by atoms with E-state index in [9.17, 15) is 15.0 Å². The number of allylic oxidation sites excluding steroid dienone is 2. The molecule has 184 valence electrons. The highest BCUT2D eigenvalue weighted by molar-refractivity contribution is 6.21. The molecule has 32 heavy (non-hydrogen) atoms. The molecule has 0 amide bonds. The van der Waals surface area contributed by atoms with E-state index in [-0.39, 0.29) is 42.1 Å². The van der Waals surface area contributed by atoms with Crippen LogP contribution in [-0.2, 0) is 14.3 Å². The van der Waals surface area contributed by atoms with E-state index in [2.05, 4.69) is 12.2 Å². The molecule has 2 rings (SSSR count). The standard InChI is InChI=1S/C25H41ClO6/c1-18(27)9-8-10-19(28)14-15-21-20(11-4-2-3-5-12-24(29)30)22(26)17-23(21)32-25-13-6-7-16-31-25/h2,4,14-15,18-23,25,27-28H,3,5-13,16-17H2,1H3,(H,29,30)/t18-,19+,20-,21-,22-,23-,25?/m1/s1. The Bertz CT molecular complexity index is 587. The van der Waals surface area contributed by atoms with Crippen LogP contribution in [0.4, 0.5) is 0 Å². The van der Waals surface area contributed by atoms with Gasteiger partial charge in [-0.2, -0.15) is 0 Å². The molecule has 0 spiro atoms. The Kier molecular flexibility index (Phi) is 12.9. The number of carboxylic acid groups (broad SMARTS) is 1. The average molecular weight is 473 g/mol. The van der Waals surface area contributed by atoms with Crippen molar-refractivity contribution < 1.29 is 29.6 Å². The number of carboxylic acids is 1. The van der Waals surface area contributed by atoms with Gasteiger partial charge in [0.05, 0.1) is 18.3 Å². The van der Waals surface area contributed by atoms with Crippen molar-refractivity contribution in [3.8, 4) is 0 Å². The minimum atomic E-state index is -0.767. The third-order valence-corrected chi connectivity index (χ3v) is 6.83. The summed E-state index contributed by atoms with van der Waals surface area (Å²) in [5.74, 6) is -0.503. The van der Waals surface area contributed by atoms with Crippen molar-refractivity contribution >= 4 is 17.6 Å². The first-order chi connectivity index (χ1) is 15.4. The monoisotopic (exact) mass is 472 g/mol. The predicted octanol–water partition coefficient (Wildman–Crippen LogP) is 4.81. The van der Waals surface area contributed by atoms with Gasteiger partial charge in [-0.15, -0.1) is 11.6 Å². The zero-order valence-corrected chi connectivity index (χ0v) is 20.0. The number of unbranched alkanes of at least 4 members (excludes halogenated alkanes) is 1. The molecule has 1 saturated carbocycles. The van der Waals surface area contributed by atoms with Gasteiger partial charge in [-0.1, -0.05) is 24.3 Å². The molecule has 2 aliphatic rings. The van der Waals surface area contributed by atoms with Gasteiger partial charge in [0.1, 0.15) is 0 Å². The Labute approximate surface area is 197 Å². The molecule has 1 heterocycles. The van der Waals surface area contributed by atoms with Gasteiger partial charge in [0, 0.05) is 24.3 Å². The Hall–Kier alpha value is -0.920. The molecule has 1 aliphatic heterocycles. The van der Waals surface area contributed by atoms with E-state index in [0.717, 1.165) is 51.6 Å². The molecule has 2 fully saturated rings. The second-order valence-corrected chi connectivity index (χ2v) is 9.75. The maximum Gasteiger partial charge on any atom is 0.303 e. The number of alkyl halides is 1. The van der Waals surface area contributed by atoms with Crippen LogP contribution < -0.4 is 0 Å². The minimum Gasteiger partial charge on any atom is -0.481 e. The van der Waals surface area contributed by atoms with Gasteiger partial charge >= 0.3 is 5.97 Å². The number of rotatable bonds is 14. The molecular formula is C25H41ClO6. The highest BCUT2D eigenvalue weighted by Gasteiger charge is 2.42. The fourth-order valence-corrected chi connectivity index (χ4v) is 4.97. The van der Waals surface area contributed by atoms with Crippen LogP contribution in [0.25, 0.3) is 0 Å². The van der Waals surface area contributed by atoms with E-state index in [1.54, 1.807) is 6.92 Å². The number of hydrogen-bond donors (Lipinski definition) is 3. The summed E-state index contributed by atoms with van der Waals surface area (Å²) in [7, 11) is 0. The van der Waals surface area contributed by atoms with Crippen LogP contribution >= 0.6 is 11.6 Å². The number of carbonyl (C=O) groups is 1. The summed E-state index contributed by atoms with van der Waals surface area (Å²) >= 11 is 6.74. The second-order valence-electron chi connectivity index (χ2n) is 9.19. The Morgan fingerprint density at radius 3 is 2.72 bits per heavy atom. The van der Waals surface area contributed by atoms with Crippen molar-refractivity contribution in [1.82, 2.24) is 0 Å². The smallest absolute Gasteiger partial charge is 0.303 e. The summed E-state index contributed by atoms with van der Waals surface area (Å²) in [6.07, 6.45) is 15.1. The first-order valence-corrected chi connectivity index (χ1v) is 12.6. The fourth-order valence-electron chi connectivity index (χ4n) is 4.52. The van der Waals surface area contributed by atoms with E-state index in [0.29, 0.717) is 19.3 Å². The van der Waals surface area contributed by atoms with Crippen molar-refractivity contribution in [2.75, 3.05) is 6.61 Å². The molecule has 7 heteroatoms. The molecule has 0 aromatic heterocycles. The van der Waals surface area contributed by atoms with Crippen molar-refractivity contribution in [3.63, 3.8) is 0 Å². The van der Waals surface area contributed by atoms with Crippen LogP contribution in [0.1, 0.15) is 77.6 Å². The van der Waals surface area contributed by atoms with Crippen LogP contribution in [0.2, 0.25) is 0 Å². The lowest BCUT2D eigenvalue weighted by molar-refractivity contribution is -0.192. The largest absolute Gasteiger partial charge is 0.481 e. The molecule has 0 aromatic carbocycles. The fraction of sp³-hybridized carbons (Fsp3) is 0.800. The summed E-state index contributed by atoms with van der Waals surface area (Å²) in [4.78, 5) is 10.6. The molecule has 3 N–H and O–H groups in total. The molecule has 0 bridgehead atoms. The summed E-state index contributed by atoms with van der Waals surface area (Å²) in [5, 5.41) is 28.5. The van der Waals surface area contributed by atoms with Crippen molar-refractivity contribution in [1.29, 1.82) is 0 Å². The van der Waals surface area contributed by atoms with Gasteiger partial charge in [-0.05, 0) is 77.0 Å². The van der Waals surface area contributed by atoms with Crippen LogP contribution in [0.5, 0.6) is 0 Å². The van der Waals surface area contributed by atoms with Gasteiger partial charge in [-0.3, -0.25) is 4.79 Å². The van der Waals surface area contributed by atoms with E-state index >= 15 is 0 Å². The highest BCUT2D eigenvalue weighted by Crippen LogP contribution is 2.42. The summed E-state index contributed by atoms with van der Waals surface area (Å²) in [6, 6.07) is 0. The molecule has 6 nitrogen and oxygen atoms in total. The topological polar surface area (TPSA) is 96.2 Å². The SMILES string of the molecule is C[C@@H](O)CCC[C@H](O)C=C[C@@H]1[C@@H](CC=CCCCC(=O)O)[C@H](Cl)C[C@H]1OC1CCCCO1. The number of aliphatic hydroxyl groups is 2. The quantitative estimate of drug-likeness (QED) is 0.191. The predicted molar refractivity (Wildman–Crippen MR) is 126 cm³/mol. The third kappa shape index (κ3) is 10.3. The van der Waals surface area contributed by atoms with Gasteiger partial charge in [0.2, 0.25) is 0 Å². The van der Waals surface area contributed by atoms with Crippen molar-refractivity contribution in [2.45, 2.75) is 108 Å². The van der Waals surface area contributed by atoms with Gasteiger partial charge in [-0.25, -0.2) is 0 Å². The molecule has 7 atom stereocenters. The van der Waals surface area contributed by atoms with Crippen LogP contribution in [0, 0.1) is 11.8 Å². The lowest BCUT2D eigenvalue weighted by atomic mass is 9.90. The number of ether oxygens (including phenoxy) is 2. The lowest BCUT2D eigenvalue weighted by Gasteiger charge is -2.29. The van der Waals surface area contributed by atoms with E-state index < -0.39 is 12.1 Å². The van der Waals surface area contributed by atoms with E-state index in [1.165, 1.54) is 0 Å². The first-order valence-electron chi connectivity index (χ1n) is 12.2. The third-order valence-electron chi connectivity index (χ3n) is 6.32. The van der Waals surface area contributed by atoms with Crippen molar-refractivity contribution in [3.05, 3.63) is 24.3 Å². The molecular weight excluding hydrogens is 432 g/mol. The Morgan fingerprint density at radius 2 is 2.03 bits per heavy atom. The van der Waals surface area contributed by atoms with Gasteiger partial charge in [0.15, 0.2) is 6.29 Å². The molecule has 1 saturated heterocycles. The Morgan fingerprint density at radius 1 is 1.22 bits per heavy atom. The first kappa shape index (κ1) is 27.3. The number of halogens is 1. The molecule has 1 aliphatic carbocycles. The van der Waals surface area contributed by atoms with Crippen LogP contribution in [0.15, 0.2) is 24.3 Å². The summed E-state index contributed by atoms with van der Waals surface area (Å²) < 4.78 is 12.1.